The molecule has 0 saturated carbocycles. The highest BCUT2D eigenvalue weighted by atomic mass is 35.5. The molecule has 0 aliphatic rings. The Bertz CT molecular complexity index is 1070. The quantitative estimate of drug-likeness (QED) is 0.466. The van der Waals surface area contributed by atoms with Gasteiger partial charge >= 0.3 is 0 Å². The molecule has 0 bridgehead atoms. The van der Waals surface area contributed by atoms with Gasteiger partial charge in [-0.25, -0.2) is 0 Å². The molecule has 28 heavy (non-hydrogen) atoms. The molecule has 0 atom stereocenters. The standard InChI is InChI=1S/C17H12ClN7OS2/c18-13-5-1-11(2-6-13)9-27-17-22-23-24-25(17)14-7-3-12(4-8-14)15(26)20-16-21-19-10-28-16/h1-8,10H,9H2,(H,20,21,26). The van der Waals surface area contributed by atoms with Crippen LogP contribution in [0, 0.1) is 0 Å². The zero-order chi connectivity index (χ0) is 19.3. The lowest BCUT2D eigenvalue weighted by Gasteiger charge is -2.06. The van der Waals surface area contributed by atoms with Crippen LogP contribution in [0.15, 0.2) is 59.2 Å². The lowest BCUT2D eigenvalue weighted by atomic mass is 10.2. The van der Waals surface area contributed by atoms with E-state index in [-0.39, 0.29) is 5.91 Å². The Kier molecular flexibility index (Phi) is 5.60. The minimum Gasteiger partial charge on any atom is -0.296 e. The van der Waals surface area contributed by atoms with Crippen molar-refractivity contribution in [3.63, 3.8) is 0 Å². The zero-order valence-corrected chi connectivity index (χ0v) is 16.6. The van der Waals surface area contributed by atoms with Crippen molar-refractivity contribution in [2.45, 2.75) is 10.9 Å². The molecule has 0 spiro atoms. The van der Waals surface area contributed by atoms with E-state index in [2.05, 4.69) is 31.0 Å². The highest BCUT2D eigenvalue weighted by Gasteiger charge is 2.12. The summed E-state index contributed by atoms with van der Waals surface area (Å²) in [6.07, 6.45) is 0. The molecule has 0 unspecified atom stereocenters. The highest BCUT2D eigenvalue weighted by Crippen LogP contribution is 2.23. The Morgan fingerprint density at radius 1 is 1.11 bits per heavy atom. The van der Waals surface area contributed by atoms with Gasteiger partial charge in [0.1, 0.15) is 5.51 Å². The van der Waals surface area contributed by atoms with E-state index in [9.17, 15) is 4.79 Å². The second kappa shape index (κ2) is 8.46. The smallest absolute Gasteiger partial charge is 0.257 e. The van der Waals surface area contributed by atoms with Gasteiger partial charge in [0.2, 0.25) is 10.3 Å². The Labute approximate surface area is 173 Å². The summed E-state index contributed by atoms with van der Waals surface area (Å²) in [6.45, 7) is 0. The minimum absolute atomic E-state index is 0.252. The number of carbonyl (C=O) groups excluding carboxylic acids is 1. The van der Waals surface area contributed by atoms with Crippen LogP contribution >= 0.6 is 34.7 Å². The summed E-state index contributed by atoms with van der Waals surface area (Å²) in [5, 5.41) is 23.9. The molecular formula is C17H12ClN7OS2. The average molecular weight is 430 g/mol. The number of hydrogen-bond donors (Lipinski definition) is 1. The van der Waals surface area contributed by atoms with E-state index in [0.717, 1.165) is 11.3 Å². The number of nitrogens with zero attached hydrogens (tertiary/aromatic N) is 6. The van der Waals surface area contributed by atoms with Crippen LogP contribution < -0.4 is 5.32 Å². The fourth-order valence-corrected chi connectivity index (χ4v) is 3.72. The number of nitrogens with one attached hydrogen (secondary N) is 1. The van der Waals surface area contributed by atoms with Gasteiger partial charge in [0.25, 0.3) is 5.91 Å². The van der Waals surface area contributed by atoms with Crippen molar-refractivity contribution < 1.29 is 4.79 Å². The third-order valence-electron chi connectivity index (χ3n) is 3.68. The number of halogens is 1. The largest absolute Gasteiger partial charge is 0.296 e. The molecule has 140 valence electrons. The van der Waals surface area contributed by atoms with Crippen LogP contribution in [-0.2, 0) is 5.75 Å². The molecule has 1 N–H and O–H groups in total. The number of anilines is 1. The van der Waals surface area contributed by atoms with Crippen LogP contribution in [0.3, 0.4) is 0 Å². The summed E-state index contributed by atoms with van der Waals surface area (Å²) in [6, 6.07) is 14.6. The number of benzene rings is 2. The van der Waals surface area contributed by atoms with Crippen LogP contribution in [-0.4, -0.2) is 36.3 Å². The Morgan fingerprint density at radius 2 is 1.89 bits per heavy atom. The predicted molar refractivity (Wildman–Crippen MR) is 108 cm³/mol. The summed E-state index contributed by atoms with van der Waals surface area (Å²) in [5.74, 6) is 0.456. The van der Waals surface area contributed by atoms with E-state index in [1.165, 1.54) is 23.1 Å². The van der Waals surface area contributed by atoms with E-state index in [1.54, 1.807) is 34.5 Å². The van der Waals surface area contributed by atoms with E-state index in [1.807, 2.05) is 24.3 Å². The lowest BCUT2D eigenvalue weighted by Crippen LogP contribution is -2.12. The summed E-state index contributed by atoms with van der Waals surface area (Å²) >= 11 is 8.68. The number of amides is 1. The first-order valence-electron chi connectivity index (χ1n) is 8.02. The SMILES string of the molecule is O=C(Nc1nncs1)c1ccc(-n2nnnc2SCc2ccc(Cl)cc2)cc1. The van der Waals surface area contributed by atoms with E-state index < -0.39 is 0 Å². The molecule has 1 amide bonds. The highest BCUT2D eigenvalue weighted by molar-refractivity contribution is 7.98. The molecule has 11 heteroatoms. The van der Waals surface area contributed by atoms with Crippen molar-refractivity contribution in [2.24, 2.45) is 0 Å². The first-order chi connectivity index (χ1) is 13.7. The van der Waals surface area contributed by atoms with Crippen LogP contribution in [0.25, 0.3) is 5.69 Å². The number of thioether (sulfide) groups is 1. The second-order valence-electron chi connectivity index (χ2n) is 5.53. The first kappa shape index (κ1) is 18.5. The predicted octanol–water partition coefficient (Wildman–Crippen LogP) is 3.71. The molecule has 4 aromatic rings. The molecule has 2 heterocycles. The summed E-state index contributed by atoms with van der Waals surface area (Å²) < 4.78 is 1.63. The van der Waals surface area contributed by atoms with Gasteiger partial charge in [0.15, 0.2) is 0 Å². The summed E-state index contributed by atoms with van der Waals surface area (Å²) in [4.78, 5) is 12.2. The number of rotatable bonds is 6. The molecule has 2 aromatic heterocycles. The van der Waals surface area contributed by atoms with Crippen LogP contribution in [0.1, 0.15) is 15.9 Å². The molecule has 0 fully saturated rings. The third kappa shape index (κ3) is 4.35. The molecule has 0 aliphatic heterocycles. The van der Waals surface area contributed by atoms with Gasteiger partial charge in [-0.15, -0.1) is 15.3 Å². The van der Waals surface area contributed by atoms with Crippen LogP contribution in [0.4, 0.5) is 5.13 Å². The maximum Gasteiger partial charge on any atom is 0.257 e. The van der Waals surface area contributed by atoms with Gasteiger partial charge < -0.3 is 0 Å². The number of hydrogen-bond acceptors (Lipinski definition) is 8. The summed E-state index contributed by atoms with van der Waals surface area (Å²) in [7, 11) is 0. The topological polar surface area (TPSA) is 98.5 Å². The van der Waals surface area contributed by atoms with Gasteiger partial charge in [-0.1, -0.05) is 46.8 Å². The van der Waals surface area contributed by atoms with Crippen LogP contribution in [0.2, 0.25) is 5.02 Å². The van der Waals surface area contributed by atoms with Gasteiger partial charge in [-0.3, -0.25) is 10.1 Å². The molecule has 0 radical (unpaired) electrons. The number of carbonyl (C=O) groups is 1. The van der Waals surface area contributed by atoms with Crippen molar-refractivity contribution in [3.05, 3.63) is 70.2 Å². The van der Waals surface area contributed by atoms with Crippen molar-refractivity contribution in [2.75, 3.05) is 5.32 Å². The van der Waals surface area contributed by atoms with E-state index in [4.69, 9.17) is 11.6 Å². The van der Waals surface area contributed by atoms with Crippen molar-refractivity contribution in [3.8, 4) is 5.69 Å². The molecule has 2 aromatic carbocycles. The van der Waals surface area contributed by atoms with Gasteiger partial charge in [0, 0.05) is 16.3 Å². The fourth-order valence-electron chi connectivity index (χ4n) is 2.31. The second-order valence-corrected chi connectivity index (χ2v) is 7.75. The van der Waals surface area contributed by atoms with Gasteiger partial charge in [-0.05, 0) is 52.4 Å². The first-order valence-corrected chi connectivity index (χ1v) is 10.3. The van der Waals surface area contributed by atoms with Crippen molar-refractivity contribution in [1.82, 2.24) is 30.4 Å². The summed E-state index contributed by atoms with van der Waals surface area (Å²) in [5.41, 5.74) is 3.94. The van der Waals surface area contributed by atoms with Crippen molar-refractivity contribution in [1.29, 1.82) is 0 Å². The Balaban J connectivity index is 1.45. The number of tetrazole rings is 1. The monoisotopic (exact) mass is 429 g/mol. The third-order valence-corrected chi connectivity index (χ3v) is 5.53. The van der Waals surface area contributed by atoms with Gasteiger partial charge in [-0.2, -0.15) is 4.68 Å². The fraction of sp³-hybridized carbons (Fsp3) is 0.0588. The van der Waals surface area contributed by atoms with E-state index >= 15 is 0 Å². The maximum atomic E-state index is 12.2. The Hall–Kier alpha value is -2.82. The maximum absolute atomic E-state index is 12.2. The average Bonchev–Trinajstić information content (AvgIpc) is 3.39. The lowest BCUT2D eigenvalue weighted by molar-refractivity contribution is 0.102. The molecular weight excluding hydrogens is 418 g/mol. The van der Waals surface area contributed by atoms with Gasteiger partial charge in [0.05, 0.1) is 5.69 Å². The van der Waals surface area contributed by atoms with E-state index in [0.29, 0.717) is 26.6 Å². The molecule has 0 aliphatic carbocycles. The molecule has 0 saturated heterocycles. The molecule has 8 nitrogen and oxygen atoms in total. The zero-order valence-electron chi connectivity index (χ0n) is 14.2. The Morgan fingerprint density at radius 3 is 2.61 bits per heavy atom. The van der Waals surface area contributed by atoms with Crippen LogP contribution in [0.5, 0.6) is 0 Å². The van der Waals surface area contributed by atoms with Crippen molar-refractivity contribution >= 4 is 45.7 Å². The molecule has 4 rings (SSSR count). The minimum atomic E-state index is -0.252. The normalized spacial score (nSPS) is 10.8. The number of aromatic nitrogens is 6.